The Bertz CT molecular complexity index is 493. The van der Waals surface area contributed by atoms with E-state index in [2.05, 4.69) is 5.32 Å². The molecule has 3 saturated heterocycles. The number of nitrogens with two attached hydrogens (primary N) is 3. The smallest absolute Gasteiger partial charge is 0.199 e. The minimum absolute atomic E-state index is 0.0620. The van der Waals surface area contributed by atoms with Gasteiger partial charge in [-0.2, -0.15) is 10.0 Å². The van der Waals surface area contributed by atoms with Crippen LogP contribution in [0, 0.1) is 20.2 Å². The van der Waals surface area contributed by atoms with Crippen molar-refractivity contribution in [3.8, 4) is 0 Å². The Balaban J connectivity index is 2.19. The fourth-order valence-corrected chi connectivity index (χ4v) is 3.31. The molecule has 0 saturated carbocycles. The maximum absolute atomic E-state index is 11.5. The number of fused-ring (bicyclic) bond motifs is 3. The van der Waals surface area contributed by atoms with E-state index < -0.39 is 40.9 Å². The molecular weight excluding hydrogens is 302 g/mol. The van der Waals surface area contributed by atoms with Crippen molar-refractivity contribution in [2.75, 3.05) is 6.67 Å². The summed E-state index contributed by atoms with van der Waals surface area (Å²) in [6.45, 7) is 1.54. The number of nitrogens with zero attached hydrogens (tertiary/aromatic N) is 7. The Labute approximate surface area is 123 Å². The van der Waals surface area contributed by atoms with Crippen molar-refractivity contribution in [1.82, 2.24) is 30.4 Å². The van der Waals surface area contributed by atoms with Crippen molar-refractivity contribution in [3.63, 3.8) is 0 Å². The molecule has 3 aliphatic rings. The molecule has 7 N–H and O–H groups in total. The lowest BCUT2D eigenvalue weighted by atomic mass is 10.3. The van der Waals surface area contributed by atoms with Gasteiger partial charge < -0.3 is 0 Å². The third kappa shape index (κ3) is 1.75. The minimum Gasteiger partial charge on any atom is -0.283 e. The van der Waals surface area contributed by atoms with Gasteiger partial charge in [-0.05, 0) is 6.92 Å². The zero-order chi connectivity index (χ0) is 16.3. The van der Waals surface area contributed by atoms with Gasteiger partial charge in [0.25, 0.3) is 0 Å². The summed E-state index contributed by atoms with van der Waals surface area (Å²) in [6.07, 6.45) is -4.93. The monoisotopic (exact) mass is 319 g/mol. The highest BCUT2D eigenvalue weighted by Gasteiger charge is 2.66. The highest BCUT2D eigenvalue weighted by Crippen LogP contribution is 2.35. The molecule has 3 rings (SSSR count). The van der Waals surface area contributed by atoms with E-state index in [0.717, 1.165) is 25.0 Å². The van der Waals surface area contributed by atoms with Gasteiger partial charge in [-0.25, -0.2) is 25.2 Å². The van der Waals surface area contributed by atoms with Crippen LogP contribution in [0.3, 0.4) is 0 Å². The highest BCUT2D eigenvalue weighted by atomic mass is 16.7. The average molecular weight is 319 g/mol. The first-order valence-corrected chi connectivity index (χ1v) is 6.43. The molecule has 3 heterocycles. The van der Waals surface area contributed by atoms with E-state index in [1.165, 1.54) is 6.92 Å². The molecule has 0 amide bonds. The highest BCUT2D eigenvalue weighted by molar-refractivity contribution is 5.00. The van der Waals surface area contributed by atoms with Crippen molar-refractivity contribution >= 4 is 0 Å². The van der Waals surface area contributed by atoms with Crippen molar-refractivity contribution < 1.29 is 10.1 Å². The van der Waals surface area contributed by atoms with Gasteiger partial charge in [-0.3, -0.25) is 22.8 Å². The summed E-state index contributed by atoms with van der Waals surface area (Å²) in [5, 5.41) is 29.4. The van der Waals surface area contributed by atoms with Gasteiger partial charge in [0.1, 0.15) is 6.17 Å². The van der Waals surface area contributed by atoms with E-state index in [1.54, 1.807) is 0 Å². The second-order valence-corrected chi connectivity index (χ2v) is 5.32. The van der Waals surface area contributed by atoms with Crippen LogP contribution in [-0.2, 0) is 0 Å². The van der Waals surface area contributed by atoms with Crippen molar-refractivity contribution in [2.24, 2.45) is 17.5 Å². The summed E-state index contributed by atoms with van der Waals surface area (Å²) >= 11 is 0. The molecule has 0 radical (unpaired) electrons. The van der Waals surface area contributed by atoms with Crippen molar-refractivity contribution in [3.05, 3.63) is 20.2 Å². The molecule has 5 atom stereocenters. The van der Waals surface area contributed by atoms with Crippen molar-refractivity contribution in [1.29, 1.82) is 0 Å². The molecule has 22 heavy (non-hydrogen) atoms. The number of hydrogen-bond donors (Lipinski definition) is 4. The zero-order valence-corrected chi connectivity index (χ0v) is 11.6. The molecule has 3 fully saturated rings. The number of hydrazine groups is 5. The van der Waals surface area contributed by atoms with Gasteiger partial charge in [0.2, 0.25) is 0 Å². The van der Waals surface area contributed by atoms with Crippen LogP contribution in [0.15, 0.2) is 0 Å². The second-order valence-electron chi connectivity index (χ2n) is 5.32. The van der Waals surface area contributed by atoms with Crippen LogP contribution in [0.25, 0.3) is 0 Å². The van der Waals surface area contributed by atoms with Gasteiger partial charge in [0, 0.05) is 0 Å². The van der Waals surface area contributed by atoms with Gasteiger partial charge in [0.05, 0.1) is 6.67 Å². The first-order chi connectivity index (χ1) is 10.3. The molecule has 15 heteroatoms. The normalized spacial score (nSPS) is 39.9. The predicted octanol–water partition coefficient (Wildman–Crippen LogP) is -4.26. The Kier molecular flexibility index (Phi) is 3.29. The largest absolute Gasteiger partial charge is 0.283 e. The summed E-state index contributed by atoms with van der Waals surface area (Å²) in [5.41, 5.74) is 0. The lowest BCUT2D eigenvalue weighted by Gasteiger charge is -2.37. The maximum Gasteiger partial charge on any atom is 0.199 e. The second kappa shape index (κ2) is 4.81. The molecule has 0 spiro atoms. The van der Waals surface area contributed by atoms with Crippen LogP contribution in [0.2, 0.25) is 0 Å². The summed E-state index contributed by atoms with van der Waals surface area (Å²) in [7, 11) is 0. The fourth-order valence-electron chi connectivity index (χ4n) is 3.31. The Morgan fingerprint density at radius 2 is 1.59 bits per heavy atom. The van der Waals surface area contributed by atoms with Crippen LogP contribution in [0.4, 0.5) is 0 Å². The minimum atomic E-state index is -1.17. The standard InChI is InChI=1S/C7H17N11O4/c1-3-13(9)5-4-11-2-12(8)6(15(3)17(19)20)7(14(4)10)16(5)18(21)22/h3-7,11H,2,8-10H2,1H3. The quantitative estimate of drug-likeness (QED) is 0.217. The molecule has 0 aromatic heterocycles. The molecule has 124 valence electrons. The van der Waals surface area contributed by atoms with Crippen molar-refractivity contribution in [2.45, 2.75) is 37.8 Å². The van der Waals surface area contributed by atoms with Crippen LogP contribution >= 0.6 is 0 Å². The molecule has 0 aromatic rings. The molecule has 5 unspecified atom stereocenters. The van der Waals surface area contributed by atoms with Crippen LogP contribution < -0.4 is 22.8 Å². The topological polar surface area (TPSA) is 193 Å². The Morgan fingerprint density at radius 1 is 1.00 bits per heavy atom. The van der Waals surface area contributed by atoms with E-state index in [4.69, 9.17) is 17.5 Å². The van der Waals surface area contributed by atoms with Crippen LogP contribution in [0.1, 0.15) is 6.92 Å². The van der Waals surface area contributed by atoms with Gasteiger partial charge in [-0.1, -0.05) is 10.0 Å². The Morgan fingerprint density at radius 3 is 2.14 bits per heavy atom. The maximum atomic E-state index is 11.5. The third-order valence-corrected chi connectivity index (χ3v) is 4.31. The molecule has 0 aromatic carbocycles. The van der Waals surface area contributed by atoms with E-state index in [-0.39, 0.29) is 6.67 Å². The lowest BCUT2D eigenvalue weighted by molar-refractivity contribution is -0.695. The molecule has 3 bridgehead atoms. The van der Waals surface area contributed by atoms with E-state index in [1.807, 2.05) is 0 Å². The molecule has 3 aliphatic heterocycles. The van der Waals surface area contributed by atoms with Gasteiger partial charge in [-0.15, -0.1) is 0 Å². The number of nitro groups is 2. The third-order valence-electron chi connectivity index (χ3n) is 4.31. The van der Waals surface area contributed by atoms with Gasteiger partial charge in [0.15, 0.2) is 34.7 Å². The first kappa shape index (κ1) is 15.0. The summed E-state index contributed by atoms with van der Waals surface area (Å²) in [6, 6.07) is 0. The zero-order valence-electron chi connectivity index (χ0n) is 11.6. The summed E-state index contributed by atoms with van der Waals surface area (Å²) in [5.74, 6) is 17.7. The van der Waals surface area contributed by atoms with Crippen LogP contribution in [-0.4, -0.2) is 72.6 Å². The van der Waals surface area contributed by atoms with E-state index >= 15 is 0 Å². The number of nitrogens with one attached hydrogen (secondary N) is 1. The van der Waals surface area contributed by atoms with E-state index in [0.29, 0.717) is 0 Å². The average Bonchev–Trinajstić information content (AvgIpc) is 2.60. The SMILES string of the molecule is CC1N(N)C2C3NCN(N)C(C(N3N)N2[N+](=O)[O-])N1[N+](=O)[O-]. The lowest BCUT2D eigenvalue weighted by Crippen LogP contribution is -2.68. The fraction of sp³-hybridized carbons (Fsp3) is 1.00. The first-order valence-electron chi connectivity index (χ1n) is 6.43. The number of hydrogen-bond acceptors (Lipinski definition) is 11. The molecule has 15 nitrogen and oxygen atoms in total. The summed E-state index contributed by atoms with van der Waals surface area (Å²) in [4.78, 5) is 22.9. The van der Waals surface area contributed by atoms with E-state index in [9.17, 15) is 20.2 Å². The Hall–Kier alpha value is -1.88. The van der Waals surface area contributed by atoms with Gasteiger partial charge >= 0.3 is 0 Å². The van der Waals surface area contributed by atoms with Crippen LogP contribution in [0.5, 0.6) is 0 Å². The summed E-state index contributed by atoms with van der Waals surface area (Å²) < 4.78 is 0. The number of rotatable bonds is 2. The molecular formula is C7H17N11O4. The molecule has 0 aliphatic carbocycles. The predicted molar refractivity (Wildman–Crippen MR) is 68.4 cm³/mol.